The number of esters is 1. The highest BCUT2D eigenvalue weighted by Gasteiger charge is 2.28. The first kappa shape index (κ1) is 11.6. The van der Waals surface area contributed by atoms with Gasteiger partial charge in [0, 0.05) is 12.8 Å². The Morgan fingerprint density at radius 3 is 2.76 bits per heavy atom. The molecule has 1 fully saturated rings. The second-order valence-corrected chi connectivity index (χ2v) is 4.06. The van der Waals surface area contributed by atoms with Crippen molar-refractivity contribution in [3.8, 4) is 0 Å². The maximum Gasteiger partial charge on any atom is 0.328 e. The van der Waals surface area contributed by atoms with E-state index in [1.807, 2.05) is 30.3 Å². The highest BCUT2D eigenvalue weighted by molar-refractivity contribution is 5.88. The van der Waals surface area contributed by atoms with Crippen molar-refractivity contribution in [2.45, 2.75) is 25.3 Å². The number of hydrogen-bond acceptors (Lipinski definition) is 3. The normalized spacial score (nSPS) is 18.8. The first-order chi connectivity index (χ1) is 8.25. The van der Waals surface area contributed by atoms with Gasteiger partial charge in [-0.1, -0.05) is 30.3 Å². The summed E-state index contributed by atoms with van der Waals surface area (Å²) in [5, 5.41) is 2.59. The van der Waals surface area contributed by atoms with E-state index >= 15 is 0 Å². The van der Waals surface area contributed by atoms with Crippen LogP contribution in [0.3, 0.4) is 0 Å². The topological polar surface area (TPSA) is 55.4 Å². The third kappa shape index (κ3) is 3.31. The summed E-state index contributed by atoms with van der Waals surface area (Å²) in [6.07, 6.45) is 1.66. The summed E-state index contributed by atoms with van der Waals surface area (Å²) in [6.45, 7) is 0.356. The first-order valence-corrected chi connectivity index (χ1v) is 5.75. The van der Waals surface area contributed by atoms with E-state index in [-0.39, 0.29) is 11.9 Å². The van der Waals surface area contributed by atoms with Crippen LogP contribution in [0, 0.1) is 0 Å². The molecule has 0 radical (unpaired) electrons. The van der Waals surface area contributed by atoms with Crippen LogP contribution in [-0.4, -0.2) is 24.5 Å². The van der Waals surface area contributed by atoms with Gasteiger partial charge in [0.15, 0.2) is 0 Å². The molecule has 0 spiro atoms. The highest BCUT2D eigenvalue weighted by atomic mass is 16.5. The molecule has 0 unspecified atom stereocenters. The minimum absolute atomic E-state index is 0.0741. The number of carbonyl (C=O) groups is 2. The van der Waals surface area contributed by atoms with Gasteiger partial charge in [-0.05, 0) is 12.0 Å². The highest BCUT2D eigenvalue weighted by Crippen LogP contribution is 2.08. The lowest BCUT2D eigenvalue weighted by Crippen LogP contribution is -2.34. The van der Waals surface area contributed by atoms with Gasteiger partial charge in [0.1, 0.15) is 6.04 Å². The third-order valence-corrected chi connectivity index (χ3v) is 2.76. The number of rotatable bonds is 4. The Hall–Kier alpha value is -1.84. The van der Waals surface area contributed by atoms with Crippen LogP contribution in [0.1, 0.15) is 18.4 Å². The van der Waals surface area contributed by atoms with Gasteiger partial charge in [-0.2, -0.15) is 0 Å². The Morgan fingerprint density at radius 2 is 2.12 bits per heavy atom. The number of carbonyl (C=O) groups excluding carboxylic acids is 2. The Kier molecular flexibility index (Phi) is 3.75. The van der Waals surface area contributed by atoms with E-state index in [1.54, 1.807) is 0 Å². The minimum atomic E-state index is -0.446. The standard InChI is InChI=1S/C13H15NO3/c15-12-7-6-11(14-12)13(16)17-9-8-10-4-2-1-3-5-10/h1-5,11H,6-9H2,(H,14,15)/t11-/m0/s1. The van der Waals surface area contributed by atoms with E-state index in [1.165, 1.54) is 0 Å². The van der Waals surface area contributed by atoms with Gasteiger partial charge in [-0.3, -0.25) is 4.79 Å². The van der Waals surface area contributed by atoms with Crippen LogP contribution in [0.4, 0.5) is 0 Å². The zero-order chi connectivity index (χ0) is 12.1. The van der Waals surface area contributed by atoms with Crippen molar-refractivity contribution in [2.75, 3.05) is 6.61 Å². The monoisotopic (exact) mass is 233 g/mol. The molecule has 1 amide bonds. The first-order valence-electron chi connectivity index (χ1n) is 5.75. The molecular formula is C13H15NO3. The molecule has 90 valence electrons. The molecule has 0 aromatic heterocycles. The lowest BCUT2D eigenvalue weighted by molar-refractivity contribution is -0.146. The van der Waals surface area contributed by atoms with Crippen LogP contribution in [-0.2, 0) is 20.7 Å². The van der Waals surface area contributed by atoms with Crippen molar-refractivity contribution in [1.29, 1.82) is 0 Å². The fourth-order valence-electron chi connectivity index (χ4n) is 1.81. The van der Waals surface area contributed by atoms with Gasteiger partial charge in [0.2, 0.25) is 5.91 Å². The van der Waals surface area contributed by atoms with Gasteiger partial charge in [-0.15, -0.1) is 0 Å². The van der Waals surface area contributed by atoms with Crippen LogP contribution in [0.25, 0.3) is 0 Å². The SMILES string of the molecule is O=C1CC[C@@H](C(=O)OCCc2ccccc2)N1. The zero-order valence-electron chi connectivity index (χ0n) is 9.52. The molecule has 17 heavy (non-hydrogen) atoms. The molecule has 2 rings (SSSR count). The van der Waals surface area contributed by atoms with E-state index in [9.17, 15) is 9.59 Å². The number of amides is 1. The summed E-state index contributed by atoms with van der Waals surface area (Å²) in [5.74, 6) is -0.401. The summed E-state index contributed by atoms with van der Waals surface area (Å²) in [5.41, 5.74) is 1.13. The van der Waals surface area contributed by atoms with Crippen molar-refractivity contribution in [1.82, 2.24) is 5.32 Å². The van der Waals surface area contributed by atoms with Crippen molar-refractivity contribution < 1.29 is 14.3 Å². The van der Waals surface area contributed by atoms with E-state index < -0.39 is 6.04 Å². The molecule has 0 bridgehead atoms. The largest absolute Gasteiger partial charge is 0.464 e. The van der Waals surface area contributed by atoms with Gasteiger partial charge in [0.25, 0.3) is 0 Å². The van der Waals surface area contributed by atoms with Crippen LogP contribution < -0.4 is 5.32 Å². The Labute approximate surface area is 100.0 Å². The van der Waals surface area contributed by atoms with E-state index in [2.05, 4.69) is 5.32 Å². The molecule has 0 aliphatic carbocycles. The molecule has 1 aromatic carbocycles. The fourth-order valence-corrected chi connectivity index (χ4v) is 1.81. The third-order valence-electron chi connectivity index (χ3n) is 2.76. The second-order valence-electron chi connectivity index (χ2n) is 4.06. The van der Waals surface area contributed by atoms with Crippen molar-refractivity contribution >= 4 is 11.9 Å². The summed E-state index contributed by atoms with van der Waals surface area (Å²) < 4.78 is 5.12. The van der Waals surface area contributed by atoms with Crippen LogP contribution in [0.5, 0.6) is 0 Å². The molecule has 4 nitrogen and oxygen atoms in total. The lowest BCUT2D eigenvalue weighted by atomic mass is 10.2. The predicted octanol–water partition coefficient (Wildman–Crippen LogP) is 1.05. The summed E-state index contributed by atoms with van der Waals surface area (Å²) in [7, 11) is 0. The molecule has 1 aromatic rings. The molecule has 1 N–H and O–H groups in total. The smallest absolute Gasteiger partial charge is 0.328 e. The molecule has 1 aliphatic heterocycles. The minimum Gasteiger partial charge on any atom is -0.464 e. The zero-order valence-corrected chi connectivity index (χ0v) is 9.52. The van der Waals surface area contributed by atoms with Gasteiger partial charge in [-0.25, -0.2) is 4.79 Å². The average Bonchev–Trinajstić information content (AvgIpc) is 2.77. The Balaban J connectivity index is 1.72. The van der Waals surface area contributed by atoms with Crippen molar-refractivity contribution in [2.24, 2.45) is 0 Å². The van der Waals surface area contributed by atoms with E-state index in [0.717, 1.165) is 5.56 Å². The molecule has 1 saturated heterocycles. The maximum absolute atomic E-state index is 11.5. The van der Waals surface area contributed by atoms with Gasteiger partial charge < -0.3 is 10.1 Å². The summed E-state index contributed by atoms with van der Waals surface area (Å²) in [6, 6.07) is 9.39. The van der Waals surface area contributed by atoms with E-state index in [0.29, 0.717) is 25.9 Å². The quantitative estimate of drug-likeness (QED) is 0.791. The molecule has 1 aliphatic rings. The number of nitrogens with one attached hydrogen (secondary N) is 1. The second kappa shape index (κ2) is 5.48. The van der Waals surface area contributed by atoms with Crippen LogP contribution in [0.15, 0.2) is 30.3 Å². The lowest BCUT2D eigenvalue weighted by Gasteiger charge is -2.09. The molecule has 1 heterocycles. The summed E-state index contributed by atoms with van der Waals surface area (Å²) >= 11 is 0. The Bertz CT molecular complexity index is 402. The van der Waals surface area contributed by atoms with Gasteiger partial charge in [0.05, 0.1) is 6.61 Å². The molecule has 1 atom stereocenters. The Morgan fingerprint density at radius 1 is 1.35 bits per heavy atom. The predicted molar refractivity (Wildman–Crippen MR) is 62.3 cm³/mol. The summed E-state index contributed by atoms with van der Waals surface area (Å²) in [4.78, 5) is 22.5. The number of benzene rings is 1. The van der Waals surface area contributed by atoms with Gasteiger partial charge >= 0.3 is 5.97 Å². The maximum atomic E-state index is 11.5. The van der Waals surface area contributed by atoms with Crippen molar-refractivity contribution in [3.63, 3.8) is 0 Å². The number of ether oxygens (including phenoxy) is 1. The van der Waals surface area contributed by atoms with Crippen LogP contribution >= 0.6 is 0 Å². The fraction of sp³-hybridized carbons (Fsp3) is 0.385. The number of hydrogen-bond donors (Lipinski definition) is 1. The molecule has 0 saturated carbocycles. The molecular weight excluding hydrogens is 218 g/mol. The van der Waals surface area contributed by atoms with Crippen LogP contribution in [0.2, 0.25) is 0 Å². The van der Waals surface area contributed by atoms with E-state index in [4.69, 9.17) is 4.74 Å². The molecule has 4 heteroatoms. The average molecular weight is 233 g/mol. The van der Waals surface area contributed by atoms with Crippen molar-refractivity contribution in [3.05, 3.63) is 35.9 Å².